The van der Waals surface area contributed by atoms with Gasteiger partial charge >= 0.3 is 5.69 Å². The van der Waals surface area contributed by atoms with Gasteiger partial charge in [-0.3, -0.25) is 4.68 Å². The summed E-state index contributed by atoms with van der Waals surface area (Å²) in [6.45, 7) is 6.14. The Labute approximate surface area is 204 Å². The highest BCUT2D eigenvalue weighted by molar-refractivity contribution is 5.81. The highest BCUT2D eigenvalue weighted by atomic mass is 19.1. The molecule has 6 rings (SSSR count). The first kappa shape index (κ1) is 22.4. The Morgan fingerprint density at radius 2 is 1.81 bits per heavy atom. The maximum absolute atomic E-state index is 15.4. The van der Waals surface area contributed by atoms with Crippen LogP contribution in [0, 0.1) is 25.5 Å². The molecule has 184 valence electrons. The third-order valence-electron chi connectivity index (χ3n) is 6.86. The van der Waals surface area contributed by atoms with Crippen molar-refractivity contribution in [2.75, 3.05) is 6.54 Å². The van der Waals surface area contributed by atoms with Crippen LogP contribution in [-0.4, -0.2) is 40.5 Å². The smallest absolute Gasteiger partial charge is 0.310 e. The number of aromatic nitrogens is 7. The van der Waals surface area contributed by atoms with E-state index in [2.05, 4.69) is 15.5 Å². The lowest BCUT2D eigenvalue weighted by Crippen LogP contribution is -2.30. The summed E-state index contributed by atoms with van der Waals surface area (Å²) >= 11 is 0. The van der Waals surface area contributed by atoms with E-state index >= 15 is 4.39 Å². The molecule has 1 N–H and O–H groups in total. The van der Waals surface area contributed by atoms with E-state index in [9.17, 15) is 9.18 Å². The summed E-state index contributed by atoms with van der Waals surface area (Å²) < 4.78 is 35.4. The van der Waals surface area contributed by atoms with E-state index in [0.29, 0.717) is 40.0 Å². The van der Waals surface area contributed by atoms with Crippen LogP contribution >= 0.6 is 0 Å². The fourth-order valence-corrected chi connectivity index (χ4v) is 5.02. The highest BCUT2D eigenvalue weighted by Crippen LogP contribution is 2.31. The van der Waals surface area contributed by atoms with Gasteiger partial charge in [-0.25, -0.2) is 22.8 Å². The molecule has 0 unspecified atom stereocenters. The normalized spacial score (nSPS) is 15.6. The molecule has 0 aliphatic carbocycles. The lowest BCUT2D eigenvalue weighted by molar-refractivity contribution is 0.536. The number of nitrogens with one attached hydrogen (secondary N) is 1. The van der Waals surface area contributed by atoms with Gasteiger partial charge < -0.3 is 5.32 Å². The number of benzene rings is 2. The van der Waals surface area contributed by atoms with Crippen molar-refractivity contribution in [2.24, 2.45) is 7.05 Å². The monoisotopic (exact) mass is 490 g/mol. The van der Waals surface area contributed by atoms with Crippen LogP contribution in [0.25, 0.3) is 28.1 Å². The molecule has 0 spiro atoms. The fraction of sp³-hybridized carbons (Fsp3) is 0.280. The molecule has 1 aliphatic rings. The molecule has 2 aromatic carbocycles. The van der Waals surface area contributed by atoms with Gasteiger partial charge in [0.15, 0.2) is 11.6 Å². The zero-order valence-corrected chi connectivity index (χ0v) is 20.3. The van der Waals surface area contributed by atoms with Crippen LogP contribution in [-0.2, 0) is 13.5 Å². The van der Waals surface area contributed by atoms with Gasteiger partial charge in [-0.05, 0) is 56.2 Å². The van der Waals surface area contributed by atoms with Crippen molar-refractivity contribution in [2.45, 2.75) is 33.2 Å². The van der Waals surface area contributed by atoms with Gasteiger partial charge in [0.05, 0.1) is 28.5 Å². The number of aryl methyl sites for hydroxylation is 3. The average molecular weight is 491 g/mol. The Balaban J connectivity index is 1.59. The molecule has 0 amide bonds. The van der Waals surface area contributed by atoms with Crippen LogP contribution in [0.15, 0.2) is 41.6 Å². The average Bonchev–Trinajstić information content (AvgIpc) is 3.53. The van der Waals surface area contributed by atoms with Gasteiger partial charge in [-0.2, -0.15) is 20.0 Å². The molecule has 0 saturated heterocycles. The van der Waals surface area contributed by atoms with E-state index in [1.54, 1.807) is 48.5 Å². The Hall–Kier alpha value is -4.12. The second kappa shape index (κ2) is 7.95. The van der Waals surface area contributed by atoms with Gasteiger partial charge in [0.1, 0.15) is 17.8 Å². The van der Waals surface area contributed by atoms with Gasteiger partial charge in [0.2, 0.25) is 0 Å². The summed E-state index contributed by atoms with van der Waals surface area (Å²) in [6, 6.07) is 6.54. The maximum atomic E-state index is 15.4. The van der Waals surface area contributed by atoms with E-state index in [-0.39, 0.29) is 17.5 Å². The minimum Gasteiger partial charge on any atom is -0.310 e. The molecule has 11 heteroatoms. The predicted octanol–water partition coefficient (Wildman–Crippen LogP) is 3.20. The zero-order valence-electron chi connectivity index (χ0n) is 20.3. The maximum Gasteiger partial charge on any atom is 0.356 e. The quantitative estimate of drug-likeness (QED) is 0.420. The molecule has 1 aliphatic heterocycles. The van der Waals surface area contributed by atoms with Crippen molar-refractivity contribution in [3.8, 4) is 17.2 Å². The summed E-state index contributed by atoms with van der Waals surface area (Å²) in [7, 11) is 1.72. The minimum atomic E-state index is -0.580. The molecular weight excluding hydrogens is 466 g/mol. The third-order valence-corrected chi connectivity index (χ3v) is 6.86. The number of nitrogens with zero attached hydrogens (tertiary/aromatic N) is 7. The summed E-state index contributed by atoms with van der Waals surface area (Å²) in [5.41, 5.74) is 3.37. The van der Waals surface area contributed by atoms with Gasteiger partial charge in [0, 0.05) is 31.6 Å². The van der Waals surface area contributed by atoms with Crippen molar-refractivity contribution < 1.29 is 8.78 Å². The van der Waals surface area contributed by atoms with Gasteiger partial charge in [0.25, 0.3) is 0 Å². The molecule has 0 fully saturated rings. The molecule has 0 bridgehead atoms. The van der Waals surface area contributed by atoms with Crippen LogP contribution < -0.4 is 11.0 Å². The standard InChI is InChI=1S/C25H24F2N8O/c1-13-9-16(10-14(2)22(13)26)34-24(21-15(3)28-8-7-18(21)31-34)33-12-30-35(25(33)36)20-6-5-19-17(23(20)27)11-29-32(19)4/h5-6,9-12,15,28H,7-8H2,1-4H3/t15-/m0/s1. The van der Waals surface area contributed by atoms with Crippen LogP contribution in [0.1, 0.15) is 35.3 Å². The Morgan fingerprint density at radius 1 is 1.06 bits per heavy atom. The summed E-state index contributed by atoms with van der Waals surface area (Å²) in [5.74, 6) is -0.365. The molecule has 1 atom stereocenters. The van der Waals surface area contributed by atoms with Crippen LogP contribution in [0.5, 0.6) is 0 Å². The lowest BCUT2D eigenvalue weighted by atomic mass is 10.0. The minimum absolute atomic E-state index is 0.0267. The van der Waals surface area contributed by atoms with Crippen LogP contribution in [0.3, 0.4) is 0 Å². The molecule has 5 aromatic rings. The first-order valence-corrected chi connectivity index (χ1v) is 11.7. The first-order chi connectivity index (χ1) is 17.3. The van der Waals surface area contributed by atoms with E-state index in [1.807, 2.05) is 6.92 Å². The zero-order chi connectivity index (χ0) is 25.3. The van der Waals surface area contributed by atoms with Crippen molar-refractivity contribution in [3.05, 3.63) is 81.3 Å². The fourth-order valence-electron chi connectivity index (χ4n) is 5.02. The Kier molecular flexibility index (Phi) is 4.94. The second-order valence-electron chi connectivity index (χ2n) is 9.21. The topological polar surface area (TPSA) is 87.5 Å². The highest BCUT2D eigenvalue weighted by Gasteiger charge is 2.29. The van der Waals surface area contributed by atoms with E-state index in [0.717, 1.165) is 22.5 Å². The van der Waals surface area contributed by atoms with Gasteiger partial charge in [-0.15, -0.1) is 0 Å². The summed E-state index contributed by atoms with van der Waals surface area (Å²) in [6.07, 6.45) is 3.47. The molecule has 0 radical (unpaired) electrons. The van der Waals surface area contributed by atoms with E-state index in [4.69, 9.17) is 5.10 Å². The van der Waals surface area contributed by atoms with E-state index in [1.165, 1.54) is 23.2 Å². The molecule has 4 heterocycles. The number of halogens is 2. The molecule has 3 aromatic heterocycles. The Morgan fingerprint density at radius 3 is 2.56 bits per heavy atom. The third kappa shape index (κ3) is 3.15. The number of fused-ring (bicyclic) bond motifs is 2. The first-order valence-electron chi connectivity index (χ1n) is 11.7. The predicted molar refractivity (Wildman–Crippen MR) is 130 cm³/mol. The summed E-state index contributed by atoms with van der Waals surface area (Å²) in [5, 5.41) is 16.9. The van der Waals surface area contributed by atoms with Gasteiger partial charge in [-0.1, -0.05) is 0 Å². The van der Waals surface area contributed by atoms with Crippen molar-refractivity contribution >= 4 is 10.9 Å². The lowest BCUT2D eigenvalue weighted by Gasteiger charge is -2.20. The Bertz CT molecular complexity index is 1700. The molecule has 0 saturated carbocycles. The van der Waals surface area contributed by atoms with E-state index < -0.39 is 11.5 Å². The van der Waals surface area contributed by atoms with Crippen LogP contribution in [0.4, 0.5) is 8.78 Å². The molecule has 36 heavy (non-hydrogen) atoms. The summed E-state index contributed by atoms with van der Waals surface area (Å²) in [4.78, 5) is 13.7. The SMILES string of the molecule is Cc1cc(-n2nc3c(c2-n2cnn(-c4ccc5c(cnn5C)c4F)c2=O)[C@H](C)NCC3)cc(C)c1F. The molecule has 9 nitrogen and oxygen atoms in total. The number of hydrogen-bond donors (Lipinski definition) is 1. The van der Waals surface area contributed by atoms with Crippen LogP contribution in [0.2, 0.25) is 0 Å². The number of hydrogen-bond acceptors (Lipinski definition) is 5. The largest absolute Gasteiger partial charge is 0.356 e. The van der Waals surface area contributed by atoms with Crippen molar-refractivity contribution in [3.63, 3.8) is 0 Å². The molecular formula is C25H24F2N8O. The van der Waals surface area contributed by atoms with Crippen molar-refractivity contribution in [1.29, 1.82) is 0 Å². The van der Waals surface area contributed by atoms with Crippen molar-refractivity contribution in [1.82, 2.24) is 39.2 Å². The second-order valence-corrected chi connectivity index (χ2v) is 9.21. The number of rotatable bonds is 3.